The highest BCUT2D eigenvalue weighted by Crippen LogP contribution is 2.31. The first-order chi connectivity index (χ1) is 11.7. The largest absolute Gasteiger partial charge is 0.310 e. The van der Waals surface area contributed by atoms with Crippen molar-refractivity contribution in [3.05, 3.63) is 21.9 Å². The molecule has 24 heavy (non-hydrogen) atoms. The van der Waals surface area contributed by atoms with Crippen molar-refractivity contribution < 1.29 is 0 Å². The second-order valence-corrected chi connectivity index (χ2v) is 9.24. The van der Waals surface area contributed by atoms with Gasteiger partial charge in [-0.25, -0.2) is 0 Å². The van der Waals surface area contributed by atoms with Crippen LogP contribution in [0.15, 0.2) is 12.1 Å². The first-order valence-corrected chi connectivity index (χ1v) is 10.7. The van der Waals surface area contributed by atoms with Crippen LogP contribution in [0.4, 0.5) is 0 Å². The molecule has 1 aromatic heterocycles. The van der Waals surface area contributed by atoms with Crippen molar-refractivity contribution in [2.24, 2.45) is 0 Å². The Morgan fingerprint density at radius 3 is 2.38 bits per heavy atom. The van der Waals surface area contributed by atoms with Crippen LogP contribution in [0.25, 0.3) is 0 Å². The summed E-state index contributed by atoms with van der Waals surface area (Å²) in [6, 6.07) is 4.68. The van der Waals surface area contributed by atoms with Crippen molar-refractivity contribution in [1.29, 1.82) is 0 Å². The van der Waals surface area contributed by atoms with Crippen LogP contribution in [-0.2, 0) is 13.1 Å². The van der Waals surface area contributed by atoms with Crippen molar-refractivity contribution >= 4 is 11.3 Å². The number of nitrogens with zero attached hydrogens (tertiary/aromatic N) is 2. The van der Waals surface area contributed by atoms with E-state index in [0.29, 0.717) is 5.54 Å². The van der Waals surface area contributed by atoms with Gasteiger partial charge in [-0.3, -0.25) is 4.90 Å². The second-order valence-electron chi connectivity index (χ2n) is 7.99. The van der Waals surface area contributed by atoms with Gasteiger partial charge in [0.25, 0.3) is 0 Å². The molecule has 1 saturated heterocycles. The third kappa shape index (κ3) is 4.81. The Hall–Kier alpha value is -0.420. The van der Waals surface area contributed by atoms with E-state index in [9.17, 15) is 0 Å². The predicted octanol–water partition coefficient (Wildman–Crippen LogP) is 4.09. The Labute approximate surface area is 152 Å². The van der Waals surface area contributed by atoms with Crippen molar-refractivity contribution in [3.8, 4) is 0 Å². The van der Waals surface area contributed by atoms with E-state index in [0.717, 1.165) is 19.6 Å². The van der Waals surface area contributed by atoms with Crippen LogP contribution in [0.1, 0.15) is 61.1 Å². The molecule has 1 aliphatic carbocycles. The lowest BCUT2D eigenvalue weighted by atomic mass is 9.80. The molecule has 0 aromatic carbocycles. The SMILES string of the molecule is CN(C)C1(CNCc2ccc(CN3CCCCC3)s2)CCCCC1. The maximum Gasteiger partial charge on any atom is 0.0328 e. The predicted molar refractivity (Wildman–Crippen MR) is 105 cm³/mol. The summed E-state index contributed by atoms with van der Waals surface area (Å²) in [7, 11) is 4.52. The lowest BCUT2D eigenvalue weighted by Crippen LogP contribution is -2.52. The summed E-state index contributed by atoms with van der Waals surface area (Å²) < 4.78 is 0. The van der Waals surface area contributed by atoms with Gasteiger partial charge in [-0.1, -0.05) is 25.7 Å². The van der Waals surface area contributed by atoms with Gasteiger partial charge in [0.15, 0.2) is 0 Å². The normalized spacial score (nSPS) is 22.1. The molecule has 0 radical (unpaired) electrons. The minimum absolute atomic E-state index is 0.381. The van der Waals surface area contributed by atoms with Crippen LogP contribution in [-0.4, -0.2) is 49.1 Å². The molecule has 1 saturated carbocycles. The average Bonchev–Trinajstić information content (AvgIpc) is 3.04. The van der Waals surface area contributed by atoms with Gasteiger partial charge in [-0.2, -0.15) is 0 Å². The first-order valence-electron chi connectivity index (χ1n) is 9.86. The van der Waals surface area contributed by atoms with Crippen LogP contribution in [0.3, 0.4) is 0 Å². The Morgan fingerprint density at radius 2 is 1.67 bits per heavy atom. The van der Waals surface area contributed by atoms with Gasteiger partial charge in [0.1, 0.15) is 0 Å². The molecule has 2 aliphatic rings. The van der Waals surface area contributed by atoms with E-state index < -0.39 is 0 Å². The fourth-order valence-corrected chi connectivity index (χ4v) is 5.38. The standard InChI is InChI=1S/C20H35N3S/c1-22(2)20(11-5-3-6-12-20)17-21-15-18-9-10-19(24-18)16-23-13-7-4-8-14-23/h9-10,21H,3-8,11-17H2,1-2H3. The van der Waals surface area contributed by atoms with Crippen LogP contribution < -0.4 is 5.32 Å². The van der Waals surface area contributed by atoms with Crippen molar-refractivity contribution in [3.63, 3.8) is 0 Å². The number of thiophene rings is 1. The topological polar surface area (TPSA) is 18.5 Å². The summed E-state index contributed by atoms with van der Waals surface area (Å²) in [6.45, 7) is 5.89. The quantitative estimate of drug-likeness (QED) is 0.800. The molecular formula is C20H35N3S. The number of rotatable bonds is 7. The highest BCUT2D eigenvalue weighted by molar-refractivity contribution is 7.11. The monoisotopic (exact) mass is 349 g/mol. The van der Waals surface area contributed by atoms with Gasteiger partial charge in [0.05, 0.1) is 0 Å². The maximum absolute atomic E-state index is 3.77. The molecule has 2 fully saturated rings. The van der Waals surface area contributed by atoms with Crippen LogP contribution in [0.5, 0.6) is 0 Å². The third-order valence-electron chi connectivity index (χ3n) is 6.03. The van der Waals surface area contributed by atoms with E-state index in [1.165, 1.54) is 74.2 Å². The van der Waals surface area contributed by atoms with Gasteiger partial charge in [0.2, 0.25) is 0 Å². The molecule has 1 N–H and O–H groups in total. The number of likely N-dealkylation sites (tertiary alicyclic amines) is 1. The fraction of sp³-hybridized carbons (Fsp3) is 0.800. The van der Waals surface area contributed by atoms with E-state index in [2.05, 4.69) is 41.3 Å². The maximum atomic E-state index is 3.77. The van der Waals surface area contributed by atoms with Crippen molar-refractivity contribution in [1.82, 2.24) is 15.1 Å². The highest BCUT2D eigenvalue weighted by Gasteiger charge is 2.33. The summed E-state index contributed by atoms with van der Waals surface area (Å²) >= 11 is 2.00. The average molecular weight is 350 g/mol. The van der Waals surface area contributed by atoms with Crippen LogP contribution in [0, 0.1) is 0 Å². The fourth-order valence-electron chi connectivity index (χ4n) is 4.35. The summed E-state index contributed by atoms with van der Waals surface area (Å²) in [5.41, 5.74) is 0.381. The summed E-state index contributed by atoms with van der Waals surface area (Å²) in [4.78, 5) is 8.12. The molecule has 3 nitrogen and oxygen atoms in total. The van der Waals surface area contributed by atoms with Crippen molar-refractivity contribution in [2.75, 3.05) is 33.7 Å². The third-order valence-corrected chi connectivity index (χ3v) is 7.10. The zero-order valence-corrected chi connectivity index (χ0v) is 16.5. The smallest absolute Gasteiger partial charge is 0.0328 e. The van der Waals surface area contributed by atoms with Gasteiger partial charge < -0.3 is 10.2 Å². The summed E-state index contributed by atoms with van der Waals surface area (Å²) in [5.74, 6) is 0. The van der Waals surface area contributed by atoms with Crippen LogP contribution >= 0.6 is 11.3 Å². The Morgan fingerprint density at radius 1 is 1.00 bits per heavy atom. The molecule has 0 atom stereocenters. The number of likely N-dealkylation sites (N-methyl/N-ethyl adjacent to an activating group) is 1. The Balaban J connectivity index is 1.46. The van der Waals surface area contributed by atoms with E-state index in [1.807, 2.05) is 11.3 Å². The van der Waals surface area contributed by atoms with Gasteiger partial charge >= 0.3 is 0 Å². The minimum atomic E-state index is 0.381. The van der Waals surface area contributed by atoms with Gasteiger partial charge in [-0.05, 0) is 65.0 Å². The molecule has 0 amide bonds. The van der Waals surface area contributed by atoms with E-state index >= 15 is 0 Å². The zero-order chi connectivity index (χ0) is 16.8. The van der Waals surface area contributed by atoms with Crippen LogP contribution in [0.2, 0.25) is 0 Å². The molecule has 136 valence electrons. The lowest BCUT2D eigenvalue weighted by Gasteiger charge is -2.43. The van der Waals surface area contributed by atoms with E-state index in [1.54, 1.807) is 0 Å². The molecule has 1 aliphatic heterocycles. The molecular weight excluding hydrogens is 314 g/mol. The molecule has 0 unspecified atom stereocenters. The molecule has 3 rings (SSSR count). The second kappa shape index (κ2) is 8.79. The Bertz CT molecular complexity index is 485. The zero-order valence-electron chi connectivity index (χ0n) is 15.6. The lowest BCUT2D eigenvalue weighted by molar-refractivity contribution is 0.0985. The molecule has 0 spiro atoms. The number of hydrogen-bond acceptors (Lipinski definition) is 4. The molecule has 4 heteroatoms. The molecule has 0 bridgehead atoms. The number of hydrogen-bond donors (Lipinski definition) is 1. The molecule has 2 heterocycles. The first kappa shape index (κ1) is 18.4. The number of piperidine rings is 1. The summed E-state index contributed by atoms with van der Waals surface area (Å²) in [5, 5.41) is 3.77. The van der Waals surface area contributed by atoms with Crippen molar-refractivity contribution in [2.45, 2.75) is 70.0 Å². The number of nitrogens with one attached hydrogen (secondary N) is 1. The minimum Gasteiger partial charge on any atom is -0.310 e. The van der Waals surface area contributed by atoms with Gasteiger partial charge in [-0.15, -0.1) is 11.3 Å². The highest BCUT2D eigenvalue weighted by atomic mass is 32.1. The Kier molecular flexibility index (Phi) is 6.73. The molecule has 1 aromatic rings. The van der Waals surface area contributed by atoms with E-state index in [-0.39, 0.29) is 0 Å². The summed E-state index contributed by atoms with van der Waals surface area (Å²) in [6.07, 6.45) is 11.1. The van der Waals surface area contributed by atoms with Gasteiger partial charge in [0, 0.05) is 34.9 Å². The van der Waals surface area contributed by atoms with E-state index in [4.69, 9.17) is 0 Å².